The van der Waals surface area contributed by atoms with Crippen LogP contribution in [-0.4, -0.2) is 22.6 Å². The van der Waals surface area contributed by atoms with Gasteiger partial charge in [-0.15, -0.1) is 0 Å². The first-order valence-corrected chi connectivity index (χ1v) is 6.84. The Hall–Kier alpha value is -0.640. The summed E-state index contributed by atoms with van der Waals surface area (Å²) < 4.78 is 0.903. The Morgan fingerprint density at radius 1 is 1.38 bits per heavy atom. The highest BCUT2D eigenvalue weighted by atomic mass is 79.9. The van der Waals surface area contributed by atoms with Crippen molar-refractivity contribution >= 4 is 21.7 Å². The summed E-state index contributed by atoms with van der Waals surface area (Å²) in [5.41, 5.74) is 0. The first-order valence-electron chi connectivity index (χ1n) is 6.04. The van der Waals surface area contributed by atoms with Gasteiger partial charge in [0, 0.05) is 25.1 Å². The van der Waals surface area contributed by atoms with Crippen molar-refractivity contribution < 1.29 is 0 Å². The first-order chi connectivity index (χ1) is 7.74. The van der Waals surface area contributed by atoms with Gasteiger partial charge in [0.05, 0.1) is 0 Å². The van der Waals surface area contributed by atoms with Crippen LogP contribution in [0.25, 0.3) is 0 Å². The number of aryl methyl sites for hydroxylation is 1. The molecule has 0 amide bonds. The molecular weight excluding hydrogens is 266 g/mol. The van der Waals surface area contributed by atoms with Crippen LogP contribution in [-0.2, 0) is 6.42 Å². The minimum Gasteiger partial charge on any atom is -0.354 e. The van der Waals surface area contributed by atoms with Gasteiger partial charge < -0.3 is 4.90 Å². The molecule has 16 heavy (non-hydrogen) atoms. The van der Waals surface area contributed by atoms with Gasteiger partial charge in [-0.1, -0.05) is 6.92 Å². The number of aromatic nitrogens is 2. The average Bonchev–Trinajstić information content (AvgIpc) is 3.03. The Morgan fingerprint density at radius 3 is 2.69 bits per heavy atom. The fourth-order valence-electron chi connectivity index (χ4n) is 1.93. The van der Waals surface area contributed by atoms with E-state index in [0.29, 0.717) is 6.04 Å². The molecule has 1 aliphatic rings. The van der Waals surface area contributed by atoms with E-state index in [-0.39, 0.29) is 0 Å². The van der Waals surface area contributed by atoms with Crippen LogP contribution in [0.5, 0.6) is 0 Å². The highest BCUT2D eigenvalue weighted by Crippen LogP contribution is 2.31. The Bertz CT molecular complexity index is 363. The van der Waals surface area contributed by atoms with Crippen molar-refractivity contribution in [3.8, 4) is 0 Å². The molecule has 0 unspecified atom stereocenters. The summed E-state index contributed by atoms with van der Waals surface area (Å²) in [6.07, 6.45) is 4.65. The van der Waals surface area contributed by atoms with E-state index in [1.165, 1.54) is 12.8 Å². The summed E-state index contributed by atoms with van der Waals surface area (Å²) in [6, 6.07) is 2.74. The maximum Gasteiger partial charge on any atom is 0.133 e. The van der Waals surface area contributed by atoms with Gasteiger partial charge >= 0.3 is 0 Å². The molecular formula is C12H18BrN3. The average molecular weight is 284 g/mol. The third-order valence-electron chi connectivity index (χ3n) is 2.82. The van der Waals surface area contributed by atoms with Gasteiger partial charge in [0.15, 0.2) is 0 Å². The summed E-state index contributed by atoms with van der Waals surface area (Å²) in [4.78, 5) is 11.4. The van der Waals surface area contributed by atoms with Gasteiger partial charge in [0.1, 0.15) is 16.2 Å². The fraction of sp³-hybridized carbons (Fsp3) is 0.667. The van der Waals surface area contributed by atoms with E-state index in [0.717, 1.165) is 35.6 Å². The molecule has 0 aliphatic heterocycles. The number of rotatable bonds is 5. The van der Waals surface area contributed by atoms with Crippen molar-refractivity contribution in [2.45, 2.75) is 45.6 Å². The molecule has 0 spiro atoms. The molecule has 1 aliphatic carbocycles. The number of nitrogens with zero attached hydrogens (tertiary/aromatic N) is 3. The molecule has 1 heterocycles. The number of hydrogen-bond acceptors (Lipinski definition) is 3. The fourth-order valence-corrected chi connectivity index (χ4v) is 2.34. The van der Waals surface area contributed by atoms with Gasteiger partial charge in [-0.05, 0) is 42.1 Å². The predicted molar refractivity (Wildman–Crippen MR) is 69.8 cm³/mol. The van der Waals surface area contributed by atoms with Crippen LogP contribution in [0.3, 0.4) is 0 Å². The van der Waals surface area contributed by atoms with Gasteiger partial charge in [0.2, 0.25) is 0 Å². The van der Waals surface area contributed by atoms with Crippen molar-refractivity contribution in [1.82, 2.24) is 9.97 Å². The topological polar surface area (TPSA) is 29.0 Å². The largest absolute Gasteiger partial charge is 0.354 e. The minimum atomic E-state index is 0.710. The lowest BCUT2D eigenvalue weighted by Crippen LogP contribution is -2.26. The van der Waals surface area contributed by atoms with Crippen molar-refractivity contribution in [2.24, 2.45) is 0 Å². The summed E-state index contributed by atoms with van der Waals surface area (Å²) in [5, 5.41) is 0. The molecule has 0 radical (unpaired) electrons. The zero-order valence-corrected chi connectivity index (χ0v) is 11.5. The third-order valence-corrected chi connectivity index (χ3v) is 3.23. The van der Waals surface area contributed by atoms with Gasteiger partial charge in [0.25, 0.3) is 0 Å². The summed E-state index contributed by atoms with van der Waals surface area (Å²) in [5.74, 6) is 2.03. The maximum atomic E-state index is 4.64. The van der Waals surface area contributed by atoms with Crippen LogP contribution in [0.15, 0.2) is 10.7 Å². The van der Waals surface area contributed by atoms with E-state index >= 15 is 0 Å². The molecule has 1 fully saturated rings. The molecule has 0 bridgehead atoms. The van der Waals surface area contributed by atoms with E-state index in [1.54, 1.807) is 0 Å². The molecule has 3 nitrogen and oxygen atoms in total. The second-order valence-corrected chi connectivity index (χ2v) is 5.04. The minimum absolute atomic E-state index is 0.710. The van der Waals surface area contributed by atoms with Crippen molar-refractivity contribution in [1.29, 1.82) is 0 Å². The Morgan fingerprint density at radius 2 is 2.12 bits per heavy atom. The van der Waals surface area contributed by atoms with Crippen LogP contribution in [0.2, 0.25) is 0 Å². The van der Waals surface area contributed by atoms with Crippen molar-refractivity contribution in [3.05, 3.63) is 16.5 Å². The van der Waals surface area contributed by atoms with E-state index < -0.39 is 0 Å². The molecule has 4 heteroatoms. The van der Waals surface area contributed by atoms with E-state index in [1.807, 2.05) is 6.07 Å². The SMILES string of the molecule is CCCc1nc(Br)cc(N(CC)C2CC2)n1. The predicted octanol–water partition coefficient (Wildman–Crippen LogP) is 3.18. The molecule has 1 aromatic rings. The Kier molecular flexibility index (Phi) is 3.79. The quantitative estimate of drug-likeness (QED) is 0.778. The van der Waals surface area contributed by atoms with Crippen LogP contribution in [0.4, 0.5) is 5.82 Å². The zero-order chi connectivity index (χ0) is 11.5. The number of anilines is 1. The lowest BCUT2D eigenvalue weighted by atomic mass is 10.3. The number of halogens is 1. The molecule has 88 valence electrons. The lowest BCUT2D eigenvalue weighted by Gasteiger charge is -2.22. The molecule has 0 aromatic carbocycles. The summed E-state index contributed by atoms with van der Waals surface area (Å²) in [6.45, 7) is 5.37. The molecule has 1 aromatic heterocycles. The molecule has 0 saturated heterocycles. The highest BCUT2D eigenvalue weighted by molar-refractivity contribution is 9.10. The Balaban J connectivity index is 2.24. The van der Waals surface area contributed by atoms with Gasteiger partial charge in [-0.25, -0.2) is 9.97 Å². The highest BCUT2D eigenvalue weighted by Gasteiger charge is 2.29. The van der Waals surface area contributed by atoms with Crippen LogP contribution in [0.1, 0.15) is 38.9 Å². The van der Waals surface area contributed by atoms with Crippen LogP contribution < -0.4 is 4.90 Å². The second-order valence-electron chi connectivity index (χ2n) is 4.23. The monoisotopic (exact) mass is 283 g/mol. The van der Waals surface area contributed by atoms with Gasteiger partial charge in [-0.3, -0.25) is 0 Å². The smallest absolute Gasteiger partial charge is 0.133 e. The number of hydrogen-bond donors (Lipinski definition) is 0. The Labute approximate surface area is 105 Å². The molecule has 0 atom stereocenters. The molecule has 1 saturated carbocycles. The normalized spacial score (nSPS) is 15.2. The molecule has 0 N–H and O–H groups in total. The third kappa shape index (κ3) is 2.73. The van der Waals surface area contributed by atoms with Crippen molar-refractivity contribution in [2.75, 3.05) is 11.4 Å². The summed E-state index contributed by atoms with van der Waals surface area (Å²) >= 11 is 3.47. The first kappa shape index (κ1) is 11.8. The maximum absolute atomic E-state index is 4.64. The lowest BCUT2D eigenvalue weighted by molar-refractivity contribution is 0.773. The van der Waals surface area contributed by atoms with Crippen molar-refractivity contribution in [3.63, 3.8) is 0 Å². The van der Waals surface area contributed by atoms with Crippen LogP contribution in [0, 0.1) is 0 Å². The summed E-state index contributed by atoms with van der Waals surface area (Å²) in [7, 11) is 0. The second kappa shape index (κ2) is 5.13. The van der Waals surface area contributed by atoms with E-state index in [2.05, 4.69) is 44.6 Å². The zero-order valence-electron chi connectivity index (χ0n) is 9.91. The standard InChI is InChI=1S/C12H18BrN3/c1-3-5-11-14-10(13)8-12(15-11)16(4-2)9-6-7-9/h8-9H,3-7H2,1-2H3. The van der Waals surface area contributed by atoms with Gasteiger partial charge in [-0.2, -0.15) is 0 Å². The van der Waals surface area contributed by atoms with E-state index in [9.17, 15) is 0 Å². The van der Waals surface area contributed by atoms with E-state index in [4.69, 9.17) is 0 Å². The molecule has 2 rings (SSSR count). The van der Waals surface area contributed by atoms with Crippen LogP contribution >= 0.6 is 15.9 Å².